The van der Waals surface area contributed by atoms with Crippen LogP contribution < -0.4 is 10.6 Å². The predicted molar refractivity (Wildman–Crippen MR) is 63.5 cm³/mol. The van der Waals surface area contributed by atoms with E-state index in [1.54, 1.807) is 14.2 Å². The highest BCUT2D eigenvalue weighted by Gasteiger charge is 2.31. The third-order valence-corrected chi connectivity index (χ3v) is 2.85. The van der Waals surface area contributed by atoms with Gasteiger partial charge in [-0.2, -0.15) is 0 Å². The highest BCUT2D eigenvalue weighted by Crippen LogP contribution is 2.11. The van der Waals surface area contributed by atoms with Gasteiger partial charge in [-0.05, 0) is 13.3 Å². The fourth-order valence-corrected chi connectivity index (χ4v) is 1.88. The number of methoxy groups -OCH3 is 1. The highest BCUT2D eigenvalue weighted by molar-refractivity contribution is 5.87. The second-order valence-electron chi connectivity index (χ2n) is 4.20. The molecule has 0 aromatic rings. The molecule has 2 N–H and O–H groups in total. The van der Waals surface area contributed by atoms with Gasteiger partial charge in [-0.3, -0.25) is 9.59 Å². The highest BCUT2D eigenvalue weighted by atomic mass is 16.5. The molecule has 1 aliphatic heterocycles. The van der Waals surface area contributed by atoms with Crippen LogP contribution in [-0.4, -0.2) is 62.7 Å². The molecule has 17 heavy (non-hydrogen) atoms. The third-order valence-electron chi connectivity index (χ3n) is 2.85. The van der Waals surface area contributed by atoms with Gasteiger partial charge in [0, 0.05) is 27.2 Å². The van der Waals surface area contributed by atoms with E-state index >= 15 is 0 Å². The lowest BCUT2D eigenvalue weighted by Crippen LogP contribution is -2.45. The molecule has 2 amide bonds. The fourth-order valence-electron chi connectivity index (χ4n) is 1.88. The first-order valence-corrected chi connectivity index (χ1v) is 5.86. The van der Waals surface area contributed by atoms with Crippen molar-refractivity contribution in [2.45, 2.75) is 25.5 Å². The van der Waals surface area contributed by atoms with E-state index in [-0.39, 0.29) is 30.5 Å². The Balaban J connectivity index is 2.39. The van der Waals surface area contributed by atoms with Crippen molar-refractivity contribution in [3.8, 4) is 0 Å². The molecule has 0 saturated carbocycles. The van der Waals surface area contributed by atoms with E-state index < -0.39 is 0 Å². The molecule has 1 aliphatic rings. The molecule has 2 unspecified atom stereocenters. The van der Waals surface area contributed by atoms with Gasteiger partial charge >= 0.3 is 0 Å². The predicted octanol–water partition coefficient (Wildman–Crippen LogP) is -1.04. The molecular formula is C11H21N3O3. The summed E-state index contributed by atoms with van der Waals surface area (Å²) in [4.78, 5) is 24.8. The maximum absolute atomic E-state index is 12.0. The molecule has 0 aliphatic carbocycles. The lowest BCUT2D eigenvalue weighted by molar-refractivity contribution is -0.136. The Morgan fingerprint density at radius 2 is 2.24 bits per heavy atom. The average molecular weight is 243 g/mol. The van der Waals surface area contributed by atoms with Crippen molar-refractivity contribution < 1.29 is 14.3 Å². The first-order valence-electron chi connectivity index (χ1n) is 5.86. The smallest absolute Gasteiger partial charge is 0.240 e. The molecule has 98 valence electrons. The Morgan fingerprint density at radius 3 is 2.76 bits per heavy atom. The van der Waals surface area contributed by atoms with Crippen molar-refractivity contribution in [1.29, 1.82) is 0 Å². The Kier molecular flexibility index (Phi) is 5.37. The molecule has 1 saturated heterocycles. The summed E-state index contributed by atoms with van der Waals surface area (Å²) < 4.78 is 5.18. The van der Waals surface area contributed by atoms with E-state index in [2.05, 4.69) is 10.6 Å². The van der Waals surface area contributed by atoms with E-state index in [0.29, 0.717) is 19.5 Å². The van der Waals surface area contributed by atoms with E-state index in [1.807, 2.05) is 6.92 Å². The van der Waals surface area contributed by atoms with Crippen molar-refractivity contribution in [2.75, 3.05) is 33.8 Å². The summed E-state index contributed by atoms with van der Waals surface area (Å²) in [6.45, 7) is 3.21. The molecule has 1 rings (SSSR count). The summed E-state index contributed by atoms with van der Waals surface area (Å²) in [5.74, 6) is -0.194. The SMILES string of the molecule is CCNC(=O)CN(C)C(=O)C1CC(OC)CN1. The van der Waals surface area contributed by atoms with Crippen LogP contribution >= 0.6 is 0 Å². The summed E-state index contributed by atoms with van der Waals surface area (Å²) in [5, 5.41) is 5.76. The number of nitrogens with zero attached hydrogens (tertiary/aromatic N) is 1. The Bertz CT molecular complexity index is 283. The van der Waals surface area contributed by atoms with Crippen LogP contribution in [0.4, 0.5) is 0 Å². The van der Waals surface area contributed by atoms with Gasteiger partial charge < -0.3 is 20.3 Å². The zero-order chi connectivity index (χ0) is 12.8. The van der Waals surface area contributed by atoms with Crippen molar-refractivity contribution in [3.05, 3.63) is 0 Å². The maximum atomic E-state index is 12.0. The summed E-state index contributed by atoms with van der Waals surface area (Å²) >= 11 is 0. The molecular weight excluding hydrogens is 222 g/mol. The summed E-state index contributed by atoms with van der Waals surface area (Å²) in [6, 6.07) is -0.237. The zero-order valence-electron chi connectivity index (χ0n) is 10.7. The van der Waals surface area contributed by atoms with Gasteiger partial charge in [-0.25, -0.2) is 0 Å². The van der Waals surface area contributed by atoms with E-state index in [0.717, 1.165) is 0 Å². The normalized spacial score (nSPS) is 23.5. The minimum absolute atomic E-state index is 0.0594. The van der Waals surface area contributed by atoms with Crippen LogP contribution in [-0.2, 0) is 14.3 Å². The Hall–Kier alpha value is -1.14. The number of hydrogen-bond donors (Lipinski definition) is 2. The molecule has 1 heterocycles. The Morgan fingerprint density at radius 1 is 1.53 bits per heavy atom. The minimum Gasteiger partial charge on any atom is -0.380 e. The molecule has 1 fully saturated rings. The van der Waals surface area contributed by atoms with Gasteiger partial charge in [0.25, 0.3) is 0 Å². The van der Waals surface area contributed by atoms with Crippen LogP contribution in [0.15, 0.2) is 0 Å². The largest absolute Gasteiger partial charge is 0.380 e. The third kappa shape index (κ3) is 3.98. The number of hydrogen-bond acceptors (Lipinski definition) is 4. The van der Waals surface area contributed by atoms with Crippen LogP contribution in [0.1, 0.15) is 13.3 Å². The molecule has 0 aromatic carbocycles. The molecule has 0 aromatic heterocycles. The molecule has 0 radical (unpaired) electrons. The standard InChI is InChI=1S/C11H21N3O3/c1-4-12-10(15)7-14(2)11(16)9-5-8(17-3)6-13-9/h8-9,13H,4-7H2,1-3H3,(H,12,15). The van der Waals surface area contributed by atoms with Crippen molar-refractivity contribution in [3.63, 3.8) is 0 Å². The molecule has 0 bridgehead atoms. The Labute approximate surface area is 102 Å². The van der Waals surface area contributed by atoms with Gasteiger partial charge in [0.1, 0.15) is 0 Å². The number of rotatable bonds is 5. The monoisotopic (exact) mass is 243 g/mol. The quantitative estimate of drug-likeness (QED) is 0.647. The average Bonchev–Trinajstić information content (AvgIpc) is 2.76. The number of amides is 2. The number of carbonyl (C=O) groups is 2. The summed E-state index contributed by atoms with van der Waals surface area (Å²) in [5.41, 5.74) is 0. The van der Waals surface area contributed by atoms with Crippen molar-refractivity contribution >= 4 is 11.8 Å². The molecule has 6 nitrogen and oxygen atoms in total. The van der Waals surface area contributed by atoms with Gasteiger partial charge in [0.2, 0.25) is 11.8 Å². The zero-order valence-corrected chi connectivity index (χ0v) is 10.7. The van der Waals surface area contributed by atoms with E-state index in [4.69, 9.17) is 4.74 Å². The number of nitrogens with one attached hydrogen (secondary N) is 2. The van der Waals surface area contributed by atoms with Crippen LogP contribution in [0, 0.1) is 0 Å². The van der Waals surface area contributed by atoms with Crippen molar-refractivity contribution in [1.82, 2.24) is 15.5 Å². The van der Waals surface area contributed by atoms with Crippen LogP contribution in [0.5, 0.6) is 0 Å². The number of carbonyl (C=O) groups excluding carboxylic acids is 2. The van der Waals surface area contributed by atoms with Crippen molar-refractivity contribution in [2.24, 2.45) is 0 Å². The second kappa shape index (κ2) is 6.56. The lowest BCUT2D eigenvalue weighted by atomic mass is 10.2. The maximum Gasteiger partial charge on any atom is 0.240 e. The van der Waals surface area contributed by atoms with E-state index in [1.165, 1.54) is 4.90 Å². The van der Waals surface area contributed by atoms with E-state index in [9.17, 15) is 9.59 Å². The number of likely N-dealkylation sites (N-methyl/N-ethyl adjacent to an activating group) is 2. The number of ether oxygens (including phenoxy) is 1. The van der Waals surface area contributed by atoms with Gasteiger partial charge in [0.05, 0.1) is 18.7 Å². The first kappa shape index (κ1) is 13.9. The van der Waals surface area contributed by atoms with Gasteiger partial charge in [-0.15, -0.1) is 0 Å². The minimum atomic E-state index is -0.237. The van der Waals surface area contributed by atoms with Gasteiger partial charge in [-0.1, -0.05) is 0 Å². The topological polar surface area (TPSA) is 70.7 Å². The first-order chi connectivity index (χ1) is 8.08. The molecule has 2 atom stereocenters. The van der Waals surface area contributed by atoms with Crippen LogP contribution in [0.3, 0.4) is 0 Å². The van der Waals surface area contributed by atoms with Gasteiger partial charge in [0.15, 0.2) is 0 Å². The molecule has 6 heteroatoms. The summed E-state index contributed by atoms with van der Waals surface area (Å²) in [7, 11) is 3.27. The second-order valence-corrected chi connectivity index (χ2v) is 4.20. The van der Waals surface area contributed by atoms with Crippen LogP contribution in [0.25, 0.3) is 0 Å². The summed E-state index contributed by atoms with van der Waals surface area (Å²) in [6.07, 6.45) is 0.747. The molecule has 0 spiro atoms. The fraction of sp³-hybridized carbons (Fsp3) is 0.818. The van der Waals surface area contributed by atoms with Crippen LogP contribution in [0.2, 0.25) is 0 Å². The lowest BCUT2D eigenvalue weighted by Gasteiger charge is -2.20.